The highest BCUT2D eigenvalue weighted by Gasteiger charge is 2.42. The fourth-order valence-electron chi connectivity index (χ4n) is 2.50. The van der Waals surface area contributed by atoms with E-state index in [-0.39, 0.29) is 11.7 Å². The highest BCUT2D eigenvalue weighted by atomic mass is 19.4. The van der Waals surface area contributed by atoms with E-state index in [2.05, 4.69) is 17.1 Å². The molecule has 0 atom stereocenters. The second kappa shape index (κ2) is 5.75. The summed E-state index contributed by atoms with van der Waals surface area (Å²) in [6, 6.07) is 0. The Morgan fingerprint density at radius 3 is 2.57 bits per heavy atom. The minimum Gasteiger partial charge on any atom is -0.370 e. The van der Waals surface area contributed by atoms with E-state index in [1.54, 1.807) is 0 Å². The Hall–Kier alpha value is -1.44. The summed E-state index contributed by atoms with van der Waals surface area (Å²) >= 11 is 0. The largest absolute Gasteiger partial charge is 0.450 e. The van der Waals surface area contributed by atoms with Gasteiger partial charge in [0.05, 0.1) is 6.42 Å². The lowest BCUT2D eigenvalue weighted by Crippen LogP contribution is -2.34. The van der Waals surface area contributed by atoms with Crippen molar-refractivity contribution in [2.24, 2.45) is 5.92 Å². The van der Waals surface area contributed by atoms with E-state index in [0.717, 1.165) is 12.8 Å². The molecule has 5 nitrogen and oxygen atoms in total. The smallest absolute Gasteiger partial charge is 0.370 e. The topological polar surface area (TPSA) is 65.2 Å². The number of methoxy groups -OCH3 is 1. The number of ketones is 1. The average Bonchev–Trinajstić information content (AvgIpc) is 2.88. The van der Waals surface area contributed by atoms with E-state index < -0.39 is 24.0 Å². The highest BCUT2D eigenvalue weighted by molar-refractivity contribution is 5.85. The number of ether oxygens (including phenoxy) is 1. The van der Waals surface area contributed by atoms with Crippen LogP contribution in [0.2, 0.25) is 0 Å². The van der Waals surface area contributed by atoms with E-state index in [4.69, 9.17) is 9.26 Å². The Labute approximate surface area is 119 Å². The molecule has 1 aliphatic carbocycles. The summed E-state index contributed by atoms with van der Waals surface area (Å²) < 4.78 is 46.9. The third-order valence-electron chi connectivity index (χ3n) is 3.98. The molecule has 1 heterocycles. The number of alkyl halides is 3. The second-order valence-corrected chi connectivity index (χ2v) is 5.49. The van der Waals surface area contributed by atoms with E-state index in [0.29, 0.717) is 18.8 Å². The van der Waals surface area contributed by atoms with Crippen LogP contribution in [-0.4, -0.2) is 29.2 Å². The van der Waals surface area contributed by atoms with Gasteiger partial charge in [0.1, 0.15) is 5.60 Å². The van der Waals surface area contributed by atoms with Gasteiger partial charge in [-0.2, -0.15) is 18.2 Å². The maximum Gasteiger partial charge on any atom is 0.450 e. The molecule has 8 heteroatoms. The van der Waals surface area contributed by atoms with Crippen LogP contribution in [0.5, 0.6) is 0 Å². The van der Waals surface area contributed by atoms with Crippen LogP contribution in [-0.2, 0) is 21.6 Å². The molecule has 118 valence electrons. The molecular formula is C13H17F3N2O3. The molecule has 1 saturated carbocycles. The van der Waals surface area contributed by atoms with Crippen LogP contribution in [0.3, 0.4) is 0 Å². The van der Waals surface area contributed by atoms with Crippen molar-refractivity contribution in [1.29, 1.82) is 0 Å². The van der Waals surface area contributed by atoms with E-state index >= 15 is 0 Å². The molecule has 21 heavy (non-hydrogen) atoms. The number of Topliss-reactive ketones (excluding diaryl/α,β-unsaturated/α-hetero) is 1. The molecule has 2 rings (SSSR count). The van der Waals surface area contributed by atoms with Crippen LogP contribution < -0.4 is 0 Å². The van der Waals surface area contributed by atoms with Crippen LogP contribution in [0.15, 0.2) is 4.52 Å². The normalized spacial score (nSPS) is 26.8. The molecule has 0 saturated heterocycles. The highest BCUT2D eigenvalue weighted by Crippen LogP contribution is 2.40. The maximum atomic E-state index is 12.2. The van der Waals surface area contributed by atoms with E-state index in [9.17, 15) is 18.0 Å². The summed E-state index contributed by atoms with van der Waals surface area (Å²) in [6.45, 7) is 2.13. The lowest BCUT2D eigenvalue weighted by molar-refractivity contribution is -0.170. The van der Waals surface area contributed by atoms with Gasteiger partial charge >= 0.3 is 6.18 Å². The van der Waals surface area contributed by atoms with Crippen molar-refractivity contribution in [1.82, 2.24) is 10.1 Å². The first kappa shape index (κ1) is 15.9. The standard InChI is InChI=1S/C13H17F3N2O3/c1-8-3-5-12(20-2,6-4-8)11-17-10(21-18-11)7-9(19)13(14,15)16/h8H,3-7H2,1-2H3. The van der Waals surface area contributed by atoms with Gasteiger partial charge < -0.3 is 9.26 Å². The minimum atomic E-state index is -4.89. The lowest BCUT2D eigenvalue weighted by Gasteiger charge is -2.35. The molecule has 1 aromatic heterocycles. The number of hydrogen-bond donors (Lipinski definition) is 0. The van der Waals surface area contributed by atoms with Crippen LogP contribution >= 0.6 is 0 Å². The molecule has 0 bridgehead atoms. The van der Waals surface area contributed by atoms with Gasteiger partial charge in [-0.1, -0.05) is 12.1 Å². The van der Waals surface area contributed by atoms with E-state index in [1.807, 2.05) is 0 Å². The summed E-state index contributed by atoms with van der Waals surface area (Å²) in [4.78, 5) is 14.9. The third-order valence-corrected chi connectivity index (χ3v) is 3.98. The molecule has 1 aromatic rings. The predicted molar refractivity (Wildman–Crippen MR) is 65.4 cm³/mol. The van der Waals surface area contributed by atoms with Gasteiger partial charge in [0, 0.05) is 7.11 Å². The van der Waals surface area contributed by atoms with Crippen molar-refractivity contribution in [3.8, 4) is 0 Å². The average molecular weight is 306 g/mol. The molecule has 0 amide bonds. The number of hydrogen-bond acceptors (Lipinski definition) is 5. The van der Waals surface area contributed by atoms with Crippen molar-refractivity contribution in [2.75, 3.05) is 7.11 Å². The monoisotopic (exact) mass is 306 g/mol. The van der Waals surface area contributed by atoms with Crippen LogP contribution in [0, 0.1) is 5.92 Å². The van der Waals surface area contributed by atoms with Gasteiger partial charge in [-0.3, -0.25) is 4.79 Å². The van der Waals surface area contributed by atoms with Crippen LogP contribution in [0.25, 0.3) is 0 Å². The second-order valence-electron chi connectivity index (χ2n) is 5.49. The van der Waals surface area contributed by atoms with Gasteiger partial charge in [-0.15, -0.1) is 0 Å². The van der Waals surface area contributed by atoms with Gasteiger partial charge in [0.15, 0.2) is 0 Å². The van der Waals surface area contributed by atoms with Crippen molar-refractivity contribution < 1.29 is 27.2 Å². The summed E-state index contributed by atoms with van der Waals surface area (Å²) in [7, 11) is 1.52. The molecule has 1 aliphatic rings. The zero-order chi connectivity index (χ0) is 15.7. The molecular weight excluding hydrogens is 289 g/mol. The SMILES string of the molecule is COC1(c2noc(CC(=O)C(F)(F)F)n2)CCC(C)CC1. The van der Waals surface area contributed by atoms with Gasteiger partial charge in [-0.05, 0) is 31.6 Å². The first-order valence-electron chi connectivity index (χ1n) is 6.75. The maximum absolute atomic E-state index is 12.2. The molecule has 0 N–H and O–H groups in total. The van der Waals surface area contributed by atoms with Gasteiger partial charge in [-0.25, -0.2) is 0 Å². The van der Waals surface area contributed by atoms with E-state index in [1.165, 1.54) is 7.11 Å². The number of aromatic nitrogens is 2. The minimum absolute atomic E-state index is 0.224. The third kappa shape index (κ3) is 3.42. The molecule has 0 spiro atoms. The quantitative estimate of drug-likeness (QED) is 0.856. The molecule has 1 fully saturated rings. The predicted octanol–water partition coefficient (Wildman–Crippen LogP) is 2.80. The lowest BCUT2D eigenvalue weighted by atomic mass is 9.79. The van der Waals surface area contributed by atoms with Crippen molar-refractivity contribution in [3.05, 3.63) is 11.7 Å². The Balaban J connectivity index is 2.13. The van der Waals surface area contributed by atoms with Crippen molar-refractivity contribution >= 4 is 5.78 Å². The van der Waals surface area contributed by atoms with Gasteiger partial charge in [0.2, 0.25) is 17.5 Å². The Morgan fingerprint density at radius 2 is 2.05 bits per heavy atom. The zero-order valence-electron chi connectivity index (χ0n) is 11.9. The number of nitrogens with zero attached hydrogens (tertiary/aromatic N) is 2. The summed E-state index contributed by atoms with van der Waals surface area (Å²) in [6.07, 6.45) is -2.65. The van der Waals surface area contributed by atoms with Crippen molar-refractivity contribution in [3.63, 3.8) is 0 Å². The molecule has 0 aromatic carbocycles. The van der Waals surface area contributed by atoms with Crippen LogP contribution in [0.1, 0.15) is 44.3 Å². The molecule has 0 unspecified atom stereocenters. The first-order chi connectivity index (χ1) is 9.77. The first-order valence-corrected chi connectivity index (χ1v) is 6.75. The number of rotatable bonds is 4. The molecule has 0 aliphatic heterocycles. The number of carbonyl (C=O) groups is 1. The van der Waals surface area contributed by atoms with Crippen molar-refractivity contribution in [2.45, 2.75) is 50.8 Å². The van der Waals surface area contributed by atoms with Crippen LogP contribution in [0.4, 0.5) is 13.2 Å². The number of halogens is 3. The zero-order valence-corrected chi connectivity index (χ0v) is 11.9. The Morgan fingerprint density at radius 1 is 1.43 bits per heavy atom. The number of carbonyl (C=O) groups excluding carboxylic acids is 1. The Bertz CT molecular complexity index is 505. The van der Waals surface area contributed by atoms with Gasteiger partial charge in [0.25, 0.3) is 0 Å². The summed E-state index contributed by atoms with van der Waals surface area (Å²) in [5, 5.41) is 3.71. The fourth-order valence-corrected chi connectivity index (χ4v) is 2.50. The fraction of sp³-hybridized carbons (Fsp3) is 0.769. The Kier molecular flexibility index (Phi) is 4.36. The summed E-state index contributed by atoms with van der Waals surface area (Å²) in [5.41, 5.74) is -0.727. The molecule has 0 radical (unpaired) electrons. The summed E-state index contributed by atoms with van der Waals surface area (Å²) in [5.74, 6) is -1.45.